The Morgan fingerprint density at radius 2 is 2.26 bits per heavy atom. The largest absolute Gasteiger partial charge is 0.353 e. The third-order valence-corrected chi connectivity index (χ3v) is 4.62. The van der Waals surface area contributed by atoms with Gasteiger partial charge in [0.2, 0.25) is 5.91 Å². The van der Waals surface area contributed by atoms with Gasteiger partial charge in [0.1, 0.15) is 0 Å². The van der Waals surface area contributed by atoms with Crippen LogP contribution < -0.4 is 11.1 Å². The molecule has 5 heteroatoms. The fraction of sp³-hybridized carbons (Fsp3) is 0.643. The molecule has 0 aliphatic heterocycles. The Balaban J connectivity index is 0.00000180. The first-order chi connectivity index (χ1) is 8.56. The van der Waals surface area contributed by atoms with Gasteiger partial charge in [-0.15, -0.1) is 23.7 Å². The standard InChI is InChI=1S/C14H22N2OS.ClH/c1-9(8-11-7-6-10(2)18-11)16-14(17)12-4-3-5-13(12)15;/h6-7,9,12-13H,3-5,8,15H2,1-2H3,(H,16,17);1H. The molecule has 0 aromatic carbocycles. The van der Waals surface area contributed by atoms with Crippen molar-refractivity contribution in [3.05, 3.63) is 21.9 Å². The summed E-state index contributed by atoms with van der Waals surface area (Å²) in [6, 6.07) is 4.51. The van der Waals surface area contributed by atoms with E-state index in [1.165, 1.54) is 9.75 Å². The Labute approximate surface area is 125 Å². The molecule has 3 unspecified atom stereocenters. The van der Waals surface area contributed by atoms with Crippen molar-refractivity contribution >= 4 is 29.7 Å². The molecule has 1 fully saturated rings. The van der Waals surface area contributed by atoms with Crippen LogP contribution in [-0.4, -0.2) is 18.0 Å². The number of nitrogens with two attached hydrogens (primary N) is 1. The summed E-state index contributed by atoms with van der Waals surface area (Å²) in [6.07, 6.45) is 3.92. The maximum Gasteiger partial charge on any atom is 0.224 e. The molecule has 1 amide bonds. The van der Waals surface area contributed by atoms with Crippen LogP contribution in [0.15, 0.2) is 12.1 Å². The zero-order valence-electron chi connectivity index (χ0n) is 11.5. The van der Waals surface area contributed by atoms with Gasteiger partial charge in [-0.1, -0.05) is 6.42 Å². The Bertz CT molecular complexity index is 421. The molecule has 2 rings (SSSR count). The second kappa shape index (κ2) is 7.27. The molecule has 0 spiro atoms. The zero-order valence-corrected chi connectivity index (χ0v) is 13.2. The van der Waals surface area contributed by atoms with Gasteiger partial charge in [-0.3, -0.25) is 4.79 Å². The highest BCUT2D eigenvalue weighted by atomic mass is 35.5. The van der Waals surface area contributed by atoms with E-state index >= 15 is 0 Å². The Morgan fingerprint density at radius 3 is 2.79 bits per heavy atom. The molecular formula is C14H23ClN2OS. The quantitative estimate of drug-likeness (QED) is 0.898. The number of carbonyl (C=O) groups excluding carboxylic acids is 1. The van der Waals surface area contributed by atoms with Crippen molar-refractivity contribution in [3.63, 3.8) is 0 Å². The molecule has 3 atom stereocenters. The SMILES string of the molecule is Cc1ccc(CC(C)NC(=O)C2CCCC2N)s1.Cl. The fourth-order valence-corrected chi connectivity index (χ4v) is 3.63. The van der Waals surface area contributed by atoms with Gasteiger partial charge in [-0.25, -0.2) is 0 Å². The Morgan fingerprint density at radius 1 is 1.53 bits per heavy atom. The van der Waals surface area contributed by atoms with Gasteiger partial charge >= 0.3 is 0 Å². The topological polar surface area (TPSA) is 55.1 Å². The number of hydrogen-bond acceptors (Lipinski definition) is 3. The van der Waals surface area contributed by atoms with Gasteiger partial charge < -0.3 is 11.1 Å². The van der Waals surface area contributed by atoms with Crippen LogP contribution in [-0.2, 0) is 11.2 Å². The van der Waals surface area contributed by atoms with Gasteiger partial charge in [0.25, 0.3) is 0 Å². The minimum absolute atomic E-state index is 0. The van der Waals surface area contributed by atoms with Crippen LogP contribution in [0.5, 0.6) is 0 Å². The van der Waals surface area contributed by atoms with Crippen molar-refractivity contribution in [2.24, 2.45) is 11.7 Å². The molecule has 1 aromatic heterocycles. The number of aryl methyl sites for hydroxylation is 1. The first-order valence-corrected chi connectivity index (χ1v) is 7.49. The third kappa shape index (κ3) is 4.48. The summed E-state index contributed by atoms with van der Waals surface area (Å²) >= 11 is 1.80. The minimum atomic E-state index is 0. The molecule has 0 bridgehead atoms. The van der Waals surface area contributed by atoms with E-state index in [9.17, 15) is 4.79 Å². The normalized spacial score (nSPS) is 23.7. The number of rotatable bonds is 4. The third-order valence-electron chi connectivity index (χ3n) is 3.60. The fourth-order valence-electron chi connectivity index (χ4n) is 2.61. The number of nitrogens with one attached hydrogen (secondary N) is 1. The lowest BCUT2D eigenvalue weighted by molar-refractivity contribution is -0.125. The molecule has 0 radical (unpaired) electrons. The molecule has 1 aliphatic rings. The van der Waals surface area contributed by atoms with Crippen LogP contribution in [0.1, 0.15) is 35.9 Å². The summed E-state index contributed by atoms with van der Waals surface area (Å²) in [6.45, 7) is 4.17. The summed E-state index contributed by atoms with van der Waals surface area (Å²) in [5.74, 6) is 0.165. The molecule has 3 N–H and O–H groups in total. The molecule has 3 nitrogen and oxygen atoms in total. The molecule has 0 saturated heterocycles. The van der Waals surface area contributed by atoms with Crippen molar-refractivity contribution in [3.8, 4) is 0 Å². The summed E-state index contributed by atoms with van der Waals surface area (Å²) in [4.78, 5) is 14.7. The molecule has 1 aromatic rings. The second-order valence-electron chi connectivity index (χ2n) is 5.33. The van der Waals surface area contributed by atoms with Crippen molar-refractivity contribution in [2.75, 3.05) is 0 Å². The van der Waals surface area contributed by atoms with Crippen molar-refractivity contribution in [1.82, 2.24) is 5.32 Å². The first kappa shape index (κ1) is 16.5. The lowest BCUT2D eigenvalue weighted by atomic mass is 10.0. The minimum Gasteiger partial charge on any atom is -0.353 e. The lowest BCUT2D eigenvalue weighted by Gasteiger charge is -2.19. The van der Waals surface area contributed by atoms with Crippen LogP contribution in [0.3, 0.4) is 0 Å². The van der Waals surface area contributed by atoms with Gasteiger partial charge in [-0.2, -0.15) is 0 Å². The van der Waals surface area contributed by atoms with Crippen LogP contribution >= 0.6 is 23.7 Å². The van der Waals surface area contributed by atoms with E-state index in [1.807, 2.05) is 0 Å². The second-order valence-corrected chi connectivity index (χ2v) is 6.70. The summed E-state index contributed by atoms with van der Waals surface area (Å²) in [5, 5.41) is 3.10. The van der Waals surface area contributed by atoms with Crippen molar-refractivity contribution < 1.29 is 4.79 Å². The van der Waals surface area contributed by atoms with Crippen molar-refractivity contribution in [2.45, 2.75) is 51.6 Å². The maximum atomic E-state index is 12.1. The molecule has 1 heterocycles. The summed E-state index contributed by atoms with van der Waals surface area (Å²) < 4.78 is 0. The number of hydrogen-bond donors (Lipinski definition) is 2. The number of halogens is 1. The average molecular weight is 303 g/mol. The van der Waals surface area contributed by atoms with Gasteiger partial charge in [-0.05, 0) is 38.8 Å². The lowest BCUT2D eigenvalue weighted by Crippen LogP contribution is -2.42. The maximum absolute atomic E-state index is 12.1. The highest BCUT2D eigenvalue weighted by Gasteiger charge is 2.30. The zero-order chi connectivity index (χ0) is 13.1. The molecular weight excluding hydrogens is 280 g/mol. The van der Waals surface area contributed by atoms with Crippen LogP contribution in [0.2, 0.25) is 0 Å². The van der Waals surface area contributed by atoms with E-state index in [4.69, 9.17) is 5.73 Å². The van der Waals surface area contributed by atoms with Crippen molar-refractivity contribution in [1.29, 1.82) is 0 Å². The van der Waals surface area contributed by atoms with E-state index in [0.29, 0.717) is 0 Å². The smallest absolute Gasteiger partial charge is 0.224 e. The van der Waals surface area contributed by atoms with E-state index in [0.717, 1.165) is 25.7 Å². The predicted octanol–water partition coefficient (Wildman–Crippen LogP) is 2.65. The van der Waals surface area contributed by atoms with Gasteiger partial charge in [0.15, 0.2) is 0 Å². The van der Waals surface area contributed by atoms with Crippen LogP contribution in [0, 0.1) is 12.8 Å². The highest BCUT2D eigenvalue weighted by Crippen LogP contribution is 2.24. The molecule has 19 heavy (non-hydrogen) atoms. The number of amides is 1. The van der Waals surface area contributed by atoms with E-state index in [2.05, 4.69) is 31.3 Å². The molecule has 1 saturated carbocycles. The number of thiophene rings is 1. The van der Waals surface area contributed by atoms with E-state index in [-0.39, 0.29) is 36.3 Å². The van der Waals surface area contributed by atoms with Crippen LogP contribution in [0.25, 0.3) is 0 Å². The monoisotopic (exact) mass is 302 g/mol. The summed E-state index contributed by atoms with van der Waals surface area (Å²) in [5.41, 5.74) is 5.95. The van der Waals surface area contributed by atoms with Crippen LogP contribution in [0.4, 0.5) is 0 Å². The predicted molar refractivity (Wildman–Crippen MR) is 82.9 cm³/mol. The summed E-state index contributed by atoms with van der Waals surface area (Å²) in [7, 11) is 0. The average Bonchev–Trinajstić information content (AvgIpc) is 2.87. The highest BCUT2D eigenvalue weighted by molar-refractivity contribution is 7.11. The molecule has 108 valence electrons. The van der Waals surface area contributed by atoms with E-state index < -0.39 is 0 Å². The van der Waals surface area contributed by atoms with Gasteiger partial charge in [0, 0.05) is 28.3 Å². The van der Waals surface area contributed by atoms with E-state index in [1.54, 1.807) is 11.3 Å². The van der Waals surface area contributed by atoms with Gasteiger partial charge in [0.05, 0.1) is 5.92 Å². The Kier molecular flexibility index (Phi) is 6.30. The molecule has 1 aliphatic carbocycles. The Hall–Kier alpha value is -0.580. The first-order valence-electron chi connectivity index (χ1n) is 6.67. The number of carbonyl (C=O) groups is 1.